The first kappa shape index (κ1) is 15.4. The molecule has 2 heterocycles. The molecule has 112 valence electrons. The molecule has 1 fully saturated rings. The Kier molecular flexibility index (Phi) is 5.27. The molecule has 21 heavy (non-hydrogen) atoms. The zero-order valence-electron chi connectivity index (χ0n) is 12.1. The largest absolute Gasteiger partial charge is 0.326 e. The van der Waals surface area contributed by atoms with Crippen molar-refractivity contribution >= 4 is 34.9 Å². The molecule has 0 aliphatic carbocycles. The van der Waals surface area contributed by atoms with Crippen LogP contribution in [0.1, 0.15) is 28.5 Å². The van der Waals surface area contributed by atoms with Crippen LogP contribution in [0.5, 0.6) is 0 Å². The number of rotatable bonds is 4. The Morgan fingerprint density at radius 1 is 1.19 bits per heavy atom. The van der Waals surface area contributed by atoms with Crippen molar-refractivity contribution in [2.45, 2.75) is 30.4 Å². The Balaban J connectivity index is 1.95. The molecule has 1 aromatic carbocycles. The van der Waals surface area contributed by atoms with Gasteiger partial charge in [0.25, 0.3) is 0 Å². The Morgan fingerprint density at radius 2 is 1.95 bits per heavy atom. The number of nitrogens with zero attached hydrogens (tertiary/aromatic N) is 1. The van der Waals surface area contributed by atoms with Gasteiger partial charge < -0.3 is 5.73 Å². The van der Waals surface area contributed by atoms with E-state index in [0.717, 1.165) is 5.69 Å². The van der Waals surface area contributed by atoms with Crippen molar-refractivity contribution < 1.29 is 0 Å². The molecular formula is C16H20N2S3. The van der Waals surface area contributed by atoms with Gasteiger partial charge in [-0.1, -0.05) is 37.3 Å². The number of hydrogen-bond acceptors (Lipinski definition) is 5. The summed E-state index contributed by atoms with van der Waals surface area (Å²) in [5, 5.41) is 2.48. The zero-order chi connectivity index (χ0) is 14.7. The van der Waals surface area contributed by atoms with Gasteiger partial charge in [-0.05, 0) is 6.42 Å². The molecule has 2 unspecified atom stereocenters. The predicted octanol–water partition coefficient (Wildman–Crippen LogP) is 4.57. The summed E-state index contributed by atoms with van der Waals surface area (Å²) >= 11 is 5.97. The molecule has 2 nitrogen and oxygen atoms in total. The van der Waals surface area contributed by atoms with Gasteiger partial charge in [0, 0.05) is 33.7 Å². The van der Waals surface area contributed by atoms with E-state index in [2.05, 4.69) is 54.7 Å². The van der Waals surface area contributed by atoms with Crippen molar-refractivity contribution in [3.8, 4) is 11.3 Å². The van der Waals surface area contributed by atoms with Crippen molar-refractivity contribution in [2.24, 2.45) is 5.73 Å². The van der Waals surface area contributed by atoms with Crippen LogP contribution in [0.15, 0.2) is 30.3 Å². The van der Waals surface area contributed by atoms with Crippen molar-refractivity contribution in [2.75, 3.05) is 11.5 Å². The fraction of sp³-hybridized carbons (Fsp3) is 0.438. The molecule has 1 aliphatic heterocycles. The lowest BCUT2D eigenvalue weighted by Crippen LogP contribution is -2.18. The molecule has 0 spiro atoms. The van der Waals surface area contributed by atoms with Crippen LogP contribution in [-0.4, -0.2) is 21.7 Å². The standard InChI is InChI=1S/C16H20N2S3/c1-2-12-15(20-9-8-19-12)16-18-14(13(10-17)21-16)11-6-4-3-5-7-11/h3-7,12,15H,2,8-10,17H2,1H3. The van der Waals surface area contributed by atoms with E-state index in [1.165, 1.54) is 33.4 Å². The molecule has 1 aliphatic rings. The van der Waals surface area contributed by atoms with E-state index in [4.69, 9.17) is 10.7 Å². The molecule has 0 radical (unpaired) electrons. The van der Waals surface area contributed by atoms with Crippen molar-refractivity contribution in [1.29, 1.82) is 0 Å². The van der Waals surface area contributed by atoms with Gasteiger partial charge in [0.15, 0.2) is 0 Å². The van der Waals surface area contributed by atoms with Gasteiger partial charge in [0.2, 0.25) is 0 Å². The maximum Gasteiger partial charge on any atom is 0.108 e. The lowest BCUT2D eigenvalue weighted by atomic mass is 10.1. The van der Waals surface area contributed by atoms with Gasteiger partial charge in [-0.3, -0.25) is 0 Å². The van der Waals surface area contributed by atoms with Crippen LogP contribution in [0.2, 0.25) is 0 Å². The third-order valence-electron chi connectivity index (χ3n) is 3.64. The number of nitrogens with two attached hydrogens (primary N) is 1. The quantitative estimate of drug-likeness (QED) is 0.888. The second-order valence-corrected chi connectivity index (χ2v) is 8.71. The smallest absolute Gasteiger partial charge is 0.108 e. The summed E-state index contributed by atoms with van der Waals surface area (Å²) in [6, 6.07) is 10.4. The average molecular weight is 337 g/mol. The number of thioether (sulfide) groups is 2. The molecule has 0 bridgehead atoms. The SMILES string of the molecule is CCC1SCCSC1c1nc(-c2ccccc2)c(CN)s1. The first-order valence-corrected chi connectivity index (χ1v) is 10.2. The van der Waals surface area contributed by atoms with E-state index in [-0.39, 0.29) is 0 Å². The first-order chi connectivity index (χ1) is 10.3. The number of hydrogen-bond donors (Lipinski definition) is 1. The molecule has 3 rings (SSSR count). The Morgan fingerprint density at radius 3 is 2.67 bits per heavy atom. The van der Waals surface area contributed by atoms with Crippen molar-refractivity contribution in [3.63, 3.8) is 0 Å². The molecule has 5 heteroatoms. The maximum atomic E-state index is 5.96. The average Bonchev–Trinajstić information content (AvgIpc) is 2.99. The lowest BCUT2D eigenvalue weighted by molar-refractivity contribution is 0.789. The van der Waals surface area contributed by atoms with Crippen molar-refractivity contribution in [3.05, 3.63) is 40.2 Å². The van der Waals surface area contributed by atoms with Crippen LogP contribution in [0.25, 0.3) is 11.3 Å². The van der Waals surface area contributed by atoms with Crippen LogP contribution in [-0.2, 0) is 6.54 Å². The van der Waals surface area contributed by atoms with Gasteiger partial charge in [-0.15, -0.1) is 23.1 Å². The Labute approximate surface area is 138 Å². The zero-order valence-corrected chi connectivity index (χ0v) is 14.6. The minimum absolute atomic E-state index is 0.529. The molecule has 0 amide bonds. The van der Waals surface area contributed by atoms with E-state index in [0.29, 0.717) is 17.0 Å². The minimum atomic E-state index is 0.529. The summed E-state index contributed by atoms with van der Waals surface area (Å²) in [6.07, 6.45) is 1.21. The maximum absolute atomic E-state index is 5.96. The van der Waals surface area contributed by atoms with Crippen LogP contribution in [0.4, 0.5) is 0 Å². The summed E-state index contributed by atoms with van der Waals surface area (Å²) in [6.45, 7) is 2.86. The molecule has 2 aromatic rings. The minimum Gasteiger partial charge on any atom is -0.326 e. The molecule has 0 saturated carbocycles. The second kappa shape index (κ2) is 7.18. The monoisotopic (exact) mass is 336 g/mol. The van der Waals surface area contributed by atoms with Crippen LogP contribution in [0.3, 0.4) is 0 Å². The van der Waals surface area contributed by atoms with Gasteiger partial charge in [-0.25, -0.2) is 4.98 Å². The van der Waals surface area contributed by atoms with Crippen LogP contribution < -0.4 is 5.73 Å². The summed E-state index contributed by atoms with van der Waals surface area (Å²) in [5.41, 5.74) is 8.23. The molecule has 2 atom stereocenters. The fourth-order valence-corrected chi connectivity index (χ4v) is 6.97. The molecule has 1 aromatic heterocycles. The highest BCUT2D eigenvalue weighted by molar-refractivity contribution is 8.06. The topological polar surface area (TPSA) is 38.9 Å². The van der Waals surface area contributed by atoms with Gasteiger partial charge >= 0.3 is 0 Å². The predicted molar refractivity (Wildman–Crippen MR) is 97.2 cm³/mol. The van der Waals surface area contributed by atoms with E-state index in [1.54, 1.807) is 0 Å². The molecular weight excluding hydrogens is 316 g/mol. The van der Waals surface area contributed by atoms with Crippen molar-refractivity contribution in [1.82, 2.24) is 4.98 Å². The van der Waals surface area contributed by atoms with Gasteiger partial charge in [0.1, 0.15) is 5.01 Å². The normalized spacial score (nSPS) is 22.4. The van der Waals surface area contributed by atoms with Gasteiger partial charge in [0.05, 0.1) is 10.9 Å². The van der Waals surface area contributed by atoms with E-state index >= 15 is 0 Å². The second-order valence-electron chi connectivity index (χ2n) is 5.00. The summed E-state index contributed by atoms with van der Waals surface area (Å²) < 4.78 is 0. The molecule has 2 N–H and O–H groups in total. The van der Waals surface area contributed by atoms with Gasteiger partial charge in [-0.2, -0.15) is 11.8 Å². The van der Waals surface area contributed by atoms with Crippen LogP contribution in [0, 0.1) is 0 Å². The number of benzene rings is 1. The van der Waals surface area contributed by atoms with E-state index < -0.39 is 0 Å². The molecule has 1 saturated heterocycles. The highest BCUT2D eigenvalue weighted by Crippen LogP contribution is 2.46. The van der Waals surface area contributed by atoms with Crippen LogP contribution >= 0.6 is 34.9 Å². The van der Waals surface area contributed by atoms with E-state index in [1.807, 2.05) is 17.4 Å². The van der Waals surface area contributed by atoms with E-state index in [9.17, 15) is 0 Å². The summed E-state index contributed by atoms with van der Waals surface area (Å²) in [4.78, 5) is 6.19. The number of aromatic nitrogens is 1. The summed E-state index contributed by atoms with van der Waals surface area (Å²) in [5.74, 6) is 2.49. The first-order valence-electron chi connectivity index (χ1n) is 7.31. The number of thiazole rings is 1. The Hall–Kier alpha value is -0.490. The fourth-order valence-electron chi connectivity index (χ4n) is 2.58. The Bertz CT molecular complexity index is 582. The highest BCUT2D eigenvalue weighted by Gasteiger charge is 2.29. The highest BCUT2D eigenvalue weighted by atomic mass is 32.2. The lowest BCUT2D eigenvalue weighted by Gasteiger charge is -2.28. The third kappa shape index (κ3) is 3.31. The third-order valence-corrected chi connectivity index (χ3v) is 8.21. The summed E-state index contributed by atoms with van der Waals surface area (Å²) in [7, 11) is 0.